The molecule has 1 saturated carbocycles. The van der Waals surface area contributed by atoms with Gasteiger partial charge in [-0.05, 0) is 61.4 Å². The fraction of sp³-hybridized carbons (Fsp3) is 1.00. The van der Waals surface area contributed by atoms with E-state index < -0.39 is 32.4 Å². The number of hydrogen-bond donors (Lipinski definition) is 0. The summed E-state index contributed by atoms with van der Waals surface area (Å²) in [5, 5.41) is 0.311. The molecule has 0 N–H and O–H groups in total. The molecule has 0 atom stereocenters. The predicted molar refractivity (Wildman–Crippen MR) is 122 cm³/mol. The van der Waals surface area contributed by atoms with Crippen LogP contribution in [-0.4, -0.2) is 50.1 Å². The van der Waals surface area contributed by atoms with Crippen molar-refractivity contribution in [1.82, 2.24) is 0 Å². The van der Waals surface area contributed by atoms with Crippen LogP contribution < -0.4 is 0 Å². The topological polar surface area (TPSA) is 61.8 Å². The maximum Gasteiger partial charge on any atom is 0.264 e. The molecule has 1 rings (SSSR count). The predicted octanol–water partition coefficient (Wildman–Crippen LogP) is 5.55. The molecule has 0 aliphatic heterocycles. The number of hydrogen-bond acceptors (Lipinski definition) is 5. The first-order valence-corrected chi connectivity index (χ1v) is 18.0. The first-order chi connectivity index (χ1) is 12.2. The lowest BCUT2D eigenvalue weighted by Crippen LogP contribution is -2.52. The molecule has 0 aromatic carbocycles. The zero-order valence-electron chi connectivity index (χ0n) is 20.1. The van der Waals surface area contributed by atoms with Crippen LogP contribution in [-0.2, 0) is 23.2 Å². The number of rotatable bonds is 9. The molecule has 0 spiro atoms. The van der Waals surface area contributed by atoms with Gasteiger partial charge in [-0.3, -0.25) is 4.18 Å². The van der Waals surface area contributed by atoms with E-state index in [2.05, 4.69) is 67.7 Å². The van der Waals surface area contributed by atoms with Crippen LogP contribution in [0.4, 0.5) is 0 Å². The average molecular weight is 453 g/mol. The lowest BCUT2D eigenvalue weighted by molar-refractivity contribution is -0.0718. The van der Waals surface area contributed by atoms with Crippen molar-refractivity contribution in [2.45, 2.75) is 103 Å². The first-order valence-electron chi connectivity index (χ1n) is 10.4. The van der Waals surface area contributed by atoms with Gasteiger partial charge in [0.1, 0.15) is 0 Å². The third kappa shape index (κ3) is 7.20. The molecule has 0 saturated heterocycles. The molecule has 5 nitrogen and oxygen atoms in total. The molecule has 8 heteroatoms. The van der Waals surface area contributed by atoms with Crippen molar-refractivity contribution in [3.8, 4) is 0 Å². The standard InChI is InChI=1S/C20H44O5SSi2/c1-18(2,3)27(8,9)23-13-12-20(25-26(7,21)22)14-17(15-20)16-24-28(10,11)19(4,5)6/h17H,12-16H2,1-11H3. The van der Waals surface area contributed by atoms with E-state index in [1.54, 1.807) is 0 Å². The molecule has 0 amide bonds. The largest absolute Gasteiger partial charge is 0.417 e. The lowest BCUT2D eigenvalue weighted by Gasteiger charge is -2.48. The summed E-state index contributed by atoms with van der Waals surface area (Å²) in [5.74, 6) is 0.351. The van der Waals surface area contributed by atoms with Crippen molar-refractivity contribution in [1.29, 1.82) is 0 Å². The Kier molecular flexibility index (Phi) is 7.91. The summed E-state index contributed by atoms with van der Waals surface area (Å²) < 4.78 is 41.8. The van der Waals surface area contributed by atoms with Crippen molar-refractivity contribution in [3.63, 3.8) is 0 Å². The molecule has 0 radical (unpaired) electrons. The molecular formula is C20H44O5SSi2. The zero-order valence-corrected chi connectivity index (χ0v) is 22.9. The smallest absolute Gasteiger partial charge is 0.264 e. The van der Waals surface area contributed by atoms with Crippen molar-refractivity contribution in [3.05, 3.63) is 0 Å². The minimum atomic E-state index is -3.50. The Morgan fingerprint density at radius 2 is 1.32 bits per heavy atom. The van der Waals surface area contributed by atoms with Crippen LogP contribution in [0.2, 0.25) is 36.3 Å². The van der Waals surface area contributed by atoms with Gasteiger partial charge in [0.2, 0.25) is 0 Å². The summed E-state index contributed by atoms with van der Waals surface area (Å²) in [4.78, 5) is 0. The first kappa shape index (κ1) is 26.3. The lowest BCUT2D eigenvalue weighted by atomic mass is 9.70. The Labute approximate surface area is 176 Å². The van der Waals surface area contributed by atoms with Crippen molar-refractivity contribution < 1.29 is 21.5 Å². The molecular weight excluding hydrogens is 408 g/mol. The summed E-state index contributed by atoms with van der Waals surface area (Å²) in [7, 11) is -7.15. The average Bonchev–Trinajstić information content (AvgIpc) is 2.37. The van der Waals surface area contributed by atoms with Crippen molar-refractivity contribution >= 4 is 26.8 Å². The van der Waals surface area contributed by atoms with Gasteiger partial charge in [0, 0.05) is 13.2 Å². The molecule has 0 heterocycles. The Bertz CT molecular complexity index is 624. The van der Waals surface area contributed by atoms with Gasteiger partial charge in [0.25, 0.3) is 10.1 Å². The highest BCUT2D eigenvalue weighted by Gasteiger charge is 2.49. The summed E-state index contributed by atoms with van der Waals surface area (Å²) >= 11 is 0. The molecule has 0 unspecified atom stereocenters. The summed E-state index contributed by atoms with van der Waals surface area (Å²) in [5.41, 5.74) is -0.628. The summed E-state index contributed by atoms with van der Waals surface area (Å²) in [6.45, 7) is 23.5. The molecule has 1 aliphatic carbocycles. The van der Waals surface area contributed by atoms with Gasteiger partial charge in [-0.25, -0.2) is 0 Å². The van der Waals surface area contributed by atoms with Gasteiger partial charge in [-0.2, -0.15) is 8.42 Å². The second kappa shape index (κ2) is 8.42. The van der Waals surface area contributed by atoms with E-state index in [-0.39, 0.29) is 10.1 Å². The van der Waals surface area contributed by atoms with Gasteiger partial charge < -0.3 is 8.85 Å². The Hall–Kier alpha value is 0.264. The molecule has 0 bridgehead atoms. The van der Waals surface area contributed by atoms with Crippen LogP contribution >= 0.6 is 0 Å². The molecule has 0 aromatic heterocycles. The van der Waals surface area contributed by atoms with E-state index in [1.807, 2.05) is 0 Å². The SMILES string of the molecule is CC(C)(C)[Si](C)(C)OCCC1(OS(C)(=O)=O)CC(CO[Si](C)(C)C(C)(C)C)C1. The highest BCUT2D eigenvalue weighted by atomic mass is 32.2. The molecule has 168 valence electrons. The normalized spacial score (nSPS) is 24.9. The molecule has 1 aliphatic rings. The summed E-state index contributed by atoms with van der Waals surface area (Å²) in [6, 6.07) is 0. The van der Waals surface area contributed by atoms with Crippen LogP contribution in [0.1, 0.15) is 60.8 Å². The minimum absolute atomic E-state index is 0.136. The van der Waals surface area contributed by atoms with Crippen LogP contribution in [0.25, 0.3) is 0 Å². The maximum atomic E-state index is 11.8. The van der Waals surface area contributed by atoms with E-state index in [0.717, 1.165) is 19.1 Å². The summed E-state index contributed by atoms with van der Waals surface area (Å²) in [6.07, 6.45) is 3.19. The van der Waals surface area contributed by atoms with E-state index in [4.69, 9.17) is 13.0 Å². The van der Waals surface area contributed by atoms with E-state index in [0.29, 0.717) is 25.6 Å². The van der Waals surface area contributed by atoms with Gasteiger partial charge in [0.15, 0.2) is 16.6 Å². The Morgan fingerprint density at radius 1 is 0.893 bits per heavy atom. The maximum absolute atomic E-state index is 11.8. The van der Waals surface area contributed by atoms with Gasteiger partial charge in [-0.15, -0.1) is 0 Å². The Morgan fingerprint density at radius 3 is 1.71 bits per heavy atom. The van der Waals surface area contributed by atoms with E-state index >= 15 is 0 Å². The highest BCUT2D eigenvalue weighted by Crippen LogP contribution is 2.46. The molecule has 1 fully saturated rings. The van der Waals surface area contributed by atoms with Crippen LogP contribution in [0.3, 0.4) is 0 Å². The van der Waals surface area contributed by atoms with Gasteiger partial charge in [-0.1, -0.05) is 41.5 Å². The van der Waals surface area contributed by atoms with Crippen LogP contribution in [0.5, 0.6) is 0 Å². The molecule has 28 heavy (non-hydrogen) atoms. The third-order valence-electron chi connectivity index (χ3n) is 6.96. The zero-order chi connectivity index (χ0) is 22.2. The second-order valence-corrected chi connectivity index (χ2v) is 22.9. The van der Waals surface area contributed by atoms with Crippen molar-refractivity contribution in [2.75, 3.05) is 19.5 Å². The quantitative estimate of drug-likeness (QED) is 0.339. The van der Waals surface area contributed by atoms with E-state index in [1.165, 1.54) is 0 Å². The monoisotopic (exact) mass is 452 g/mol. The highest BCUT2D eigenvalue weighted by molar-refractivity contribution is 7.86. The van der Waals surface area contributed by atoms with Crippen LogP contribution in [0.15, 0.2) is 0 Å². The molecule has 0 aromatic rings. The minimum Gasteiger partial charge on any atom is -0.417 e. The van der Waals surface area contributed by atoms with Gasteiger partial charge >= 0.3 is 0 Å². The van der Waals surface area contributed by atoms with Gasteiger partial charge in [0.05, 0.1) is 11.9 Å². The fourth-order valence-corrected chi connectivity index (χ4v) is 5.99. The van der Waals surface area contributed by atoms with E-state index in [9.17, 15) is 8.42 Å². The third-order valence-corrected chi connectivity index (χ3v) is 16.7. The van der Waals surface area contributed by atoms with Crippen LogP contribution in [0, 0.1) is 5.92 Å². The second-order valence-electron chi connectivity index (χ2n) is 11.7. The fourth-order valence-electron chi connectivity index (χ4n) is 3.00. The Balaban J connectivity index is 2.68. The van der Waals surface area contributed by atoms with Crippen molar-refractivity contribution in [2.24, 2.45) is 5.92 Å².